The minimum absolute atomic E-state index is 0.0623. The summed E-state index contributed by atoms with van der Waals surface area (Å²) in [6.45, 7) is 1.02. The first-order valence-electron chi connectivity index (χ1n) is 6.35. The van der Waals surface area contributed by atoms with Gasteiger partial charge in [-0.05, 0) is 31.0 Å². The van der Waals surface area contributed by atoms with Gasteiger partial charge in [0.15, 0.2) is 0 Å². The molecule has 1 saturated heterocycles. The molecule has 0 unspecified atom stereocenters. The van der Waals surface area contributed by atoms with E-state index in [-0.39, 0.29) is 15.5 Å². The first-order valence-corrected chi connectivity index (χ1v) is 8.16. The second-order valence-corrected chi connectivity index (χ2v) is 6.94. The van der Waals surface area contributed by atoms with Crippen molar-refractivity contribution in [1.82, 2.24) is 4.31 Å². The molecule has 0 spiro atoms. The maximum Gasteiger partial charge on any atom is 0.339 e. The maximum atomic E-state index is 12.5. The number of rotatable bonds is 3. The summed E-state index contributed by atoms with van der Waals surface area (Å²) in [5, 5.41) is 0.175. The van der Waals surface area contributed by atoms with Crippen molar-refractivity contribution in [2.75, 3.05) is 20.2 Å². The van der Waals surface area contributed by atoms with E-state index in [2.05, 4.69) is 4.74 Å². The summed E-state index contributed by atoms with van der Waals surface area (Å²) in [6.07, 6.45) is 2.76. The van der Waals surface area contributed by atoms with E-state index in [4.69, 9.17) is 11.6 Å². The van der Waals surface area contributed by atoms with Gasteiger partial charge in [-0.3, -0.25) is 0 Å². The molecule has 5 nitrogen and oxygen atoms in total. The molecule has 1 aliphatic heterocycles. The molecule has 7 heteroatoms. The molecule has 0 radical (unpaired) electrons. The Morgan fingerprint density at radius 2 is 1.90 bits per heavy atom. The van der Waals surface area contributed by atoms with Crippen LogP contribution in [0.25, 0.3) is 0 Å². The number of carbonyl (C=O) groups excluding carboxylic acids is 1. The van der Waals surface area contributed by atoms with Gasteiger partial charge in [0.25, 0.3) is 0 Å². The van der Waals surface area contributed by atoms with Crippen LogP contribution in [0.15, 0.2) is 23.1 Å². The molecule has 110 valence electrons. The molecule has 1 aromatic rings. The van der Waals surface area contributed by atoms with E-state index in [0.29, 0.717) is 13.1 Å². The highest BCUT2D eigenvalue weighted by molar-refractivity contribution is 7.89. The minimum atomic E-state index is -3.58. The first kappa shape index (κ1) is 15.3. The van der Waals surface area contributed by atoms with E-state index in [1.165, 1.54) is 29.6 Å². The van der Waals surface area contributed by atoms with Crippen LogP contribution in [0.2, 0.25) is 5.02 Å². The van der Waals surface area contributed by atoms with Gasteiger partial charge in [0.1, 0.15) is 0 Å². The number of piperidine rings is 1. The molecule has 2 rings (SSSR count). The van der Waals surface area contributed by atoms with Crippen LogP contribution < -0.4 is 0 Å². The minimum Gasteiger partial charge on any atom is -0.465 e. The highest BCUT2D eigenvalue weighted by Crippen LogP contribution is 2.25. The normalized spacial score (nSPS) is 16.9. The van der Waals surface area contributed by atoms with E-state index < -0.39 is 16.0 Å². The average Bonchev–Trinajstić information content (AvgIpc) is 2.47. The molecule has 1 aromatic carbocycles. The molecule has 0 amide bonds. The molecule has 1 fully saturated rings. The van der Waals surface area contributed by atoms with Gasteiger partial charge in [0, 0.05) is 13.1 Å². The average molecular weight is 318 g/mol. The fraction of sp³-hybridized carbons (Fsp3) is 0.462. The molecule has 0 aliphatic carbocycles. The number of nitrogens with zero attached hydrogens (tertiary/aromatic N) is 1. The number of carbonyl (C=O) groups is 1. The standard InChI is InChI=1S/C13H16ClNO4S/c1-19-13(16)11-9-10(5-6-12(11)14)20(17,18)15-7-3-2-4-8-15/h5-6,9H,2-4,7-8H2,1H3. The van der Waals surface area contributed by atoms with E-state index in [1.807, 2.05) is 0 Å². The van der Waals surface area contributed by atoms with Crippen LogP contribution in [-0.2, 0) is 14.8 Å². The third-order valence-electron chi connectivity index (χ3n) is 3.30. The molecule has 1 aliphatic rings. The fourth-order valence-electron chi connectivity index (χ4n) is 2.19. The zero-order valence-corrected chi connectivity index (χ0v) is 12.7. The lowest BCUT2D eigenvalue weighted by atomic mass is 10.2. The summed E-state index contributed by atoms with van der Waals surface area (Å²) >= 11 is 5.90. The fourth-order valence-corrected chi connectivity index (χ4v) is 3.92. The molecular formula is C13H16ClNO4S. The number of sulfonamides is 1. The van der Waals surface area contributed by atoms with Crippen LogP contribution in [0.3, 0.4) is 0 Å². The SMILES string of the molecule is COC(=O)c1cc(S(=O)(=O)N2CCCCC2)ccc1Cl. The van der Waals surface area contributed by atoms with E-state index in [1.54, 1.807) is 0 Å². The number of hydrogen-bond donors (Lipinski definition) is 0. The van der Waals surface area contributed by atoms with Gasteiger partial charge < -0.3 is 4.74 Å². The van der Waals surface area contributed by atoms with Crippen LogP contribution in [0.4, 0.5) is 0 Å². The molecule has 0 aromatic heterocycles. The molecule has 0 atom stereocenters. The predicted molar refractivity (Wildman–Crippen MR) is 75.4 cm³/mol. The largest absolute Gasteiger partial charge is 0.465 e. The molecule has 20 heavy (non-hydrogen) atoms. The van der Waals surface area contributed by atoms with Gasteiger partial charge in [-0.2, -0.15) is 4.31 Å². The lowest BCUT2D eigenvalue weighted by Gasteiger charge is -2.26. The van der Waals surface area contributed by atoms with Crippen molar-refractivity contribution in [2.45, 2.75) is 24.2 Å². The second-order valence-electron chi connectivity index (χ2n) is 4.60. The van der Waals surface area contributed by atoms with Crippen LogP contribution in [-0.4, -0.2) is 38.9 Å². The number of benzene rings is 1. The van der Waals surface area contributed by atoms with Crippen molar-refractivity contribution in [1.29, 1.82) is 0 Å². The maximum absolute atomic E-state index is 12.5. The Balaban J connectivity index is 2.39. The molecule has 0 bridgehead atoms. The summed E-state index contributed by atoms with van der Waals surface area (Å²) < 4.78 is 31.0. The van der Waals surface area contributed by atoms with Gasteiger partial charge in [0.2, 0.25) is 10.0 Å². The van der Waals surface area contributed by atoms with Crippen molar-refractivity contribution in [3.8, 4) is 0 Å². The third-order valence-corrected chi connectivity index (χ3v) is 5.52. The molecular weight excluding hydrogens is 302 g/mol. The van der Waals surface area contributed by atoms with Crippen molar-refractivity contribution >= 4 is 27.6 Å². The lowest BCUT2D eigenvalue weighted by molar-refractivity contribution is 0.0600. The van der Waals surface area contributed by atoms with Gasteiger partial charge in [-0.1, -0.05) is 18.0 Å². The number of esters is 1. The Morgan fingerprint density at radius 3 is 2.50 bits per heavy atom. The number of ether oxygens (including phenoxy) is 1. The number of hydrogen-bond acceptors (Lipinski definition) is 4. The summed E-state index contributed by atoms with van der Waals surface area (Å²) in [6, 6.07) is 4.10. The Bertz CT molecular complexity index is 609. The lowest BCUT2D eigenvalue weighted by Crippen LogP contribution is -2.35. The van der Waals surface area contributed by atoms with Crippen molar-refractivity contribution in [2.24, 2.45) is 0 Å². The molecule has 1 heterocycles. The van der Waals surface area contributed by atoms with Crippen LogP contribution in [0.5, 0.6) is 0 Å². The second kappa shape index (κ2) is 6.11. The van der Waals surface area contributed by atoms with E-state index in [0.717, 1.165) is 19.3 Å². The summed E-state index contributed by atoms with van der Waals surface area (Å²) in [5.74, 6) is -0.648. The summed E-state index contributed by atoms with van der Waals surface area (Å²) in [4.78, 5) is 11.6. The van der Waals surface area contributed by atoms with Gasteiger partial charge in [-0.25, -0.2) is 13.2 Å². The van der Waals surface area contributed by atoms with Crippen LogP contribution in [0, 0.1) is 0 Å². The van der Waals surface area contributed by atoms with E-state index >= 15 is 0 Å². The highest BCUT2D eigenvalue weighted by atomic mass is 35.5. The van der Waals surface area contributed by atoms with Gasteiger partial charge in [0.05, 0.1) is 22.6 Å². The Kier molecular flexibility index (Phi) is 4.67. The smallest absolute Gasteiger partial charge is 0.339 e. The summed E-state index contributed by atoms with van der Waals surface area (Å²) in [7, 11) is -2.35. The van der Waals surface area contributed by atoms with Crippen LogP contribution >= 0.6 is 11.6 Å². The van der Waals surface area contributed by atoms with Crippen molar-refractivity contribution in [3.63, 3.8) is 0 Å². The highest BCUT2D eigenvalue weighted by Gasteiger charge is 2.27. The third kappa shape index (κ3) is 2.97. The number of halogens is 1. The molecule has 0 saturated carbocycles. The van der Waals surface area contributed by atoms with Crippen molar-refractivity contribution in [3.05, 3.63) is 28.8 Å². The van der Waals surface area contributed by atoms with Gasteiger partial charge in [-0.15, -0.1) is 0 Å². The number of methoxy groups -OCH3 is 1. The quantitative estimate of drug-likeness (QED) is 0.802. The Labute approximate surface area is 123 Å². The zero-order chi connectivity index (χ0) is 14.8. The van der Waals surface area contributed by atoms with Gasteiger partial charge >= 0.3 is 5.97 Å². The summed E-state index contributed by atoms with van der Waals surface area (Å²) in [5.41, 5.74) is 0.0623. The molecule has 0 N–H and O–H groups in total. The Morgan fingerprint density at radius 1 is 1.25 bits per heavy atom. The zero-order valence-electron chi connectivity index (χ0n) is 11.1. The predicted octanol–water partition coefficient (Wildman–Crippen LogP) is 2.30. The first-order chi connectivity index (χ1) is 9.46. The van der Waals surface area contributed by atoms with Crippen molar-refractivity contribution < 1.29 is 17.9 Å². The topological polar surface area (TPSA) is 63.7 Å². The van der Waals surface area contributed by atoms with E-state index in [9.17, 15) is 13.2 Å². The Hall–Kier alpha value is -1.11. The van der Waals surface area contributed by atoms with Crippen LogP contribution in [0.1, 0.15) is 29.6 Å². The monoisotopic (exact) mass is 317 g/mol.